The minimum Gasteiger partial charge on any atom is -0.254 e. The van der Waals surface area contributed by atoms with Crippen LogP contribution >= 0.6 is 0 Å². The number of hydrogen-bond donors (Lipinski definition) is 0. The molecule has 0 radical (unpaired) electrons. The van der Waals surface area contributed by atoms with Crippen molar-refractivity contribution < 1.29 is 0 Å². The number of benzene rings is 8. The van der Waals surface area contributed by atoms with Crippen molar-refractivity contribution >= 4 is 64.6 Å². The van der Waals surface area contributed by atoms with Gasteiger partial charge in [-0.2, -0.15) is 0 Å². The van der Waals surface area contributed by atoms with Crippen LogP contribution in [0.25, 0.3) is 98.3 Å². The van der Waals surface area contributed by atoms with Gasteiger partial charge < -0.3 is 0 Å². The van der Waals surface area contributed by atoms with E-state index in [1.165, 1.54) is 75.8 Å². The van der Waals surface area contributed by atoms with Gasteiger partial charge in [0.15, 0.2) is 0 Å². The van der Waals surface area contributed by atoms with Gasteiger partial charge >= 0.3 is 0 Å². The molecule has 1 aliphatic rings. The number of pyridine rings is 2. The van der Waals surface area contributed by atoms with E-state index >= 15 is 0 Å². The van der Waals surface area contributed by atoms with E-state index in [1.54, 1.807) is 0 Å². The molecule has 2 heterocycles. The fourth-order valence-electron chi connectivity index (χ4n) is 7.87. The molecule has 10 aromatic rings. The predicted molar refractivity (Wildman–Crippen MR) is 192 cm³/mol. The van der Waals surface area contributed by atoms with E-state index in [4.69, 9.17) is 9.97 Å². The van der Waals surface area contributed by atoms with Crippen LogP contribution < -0.4 is 0 Å². The lowest BCUT2D eigenvalue weighted by molar-refractivity contribution is 1.23. The Kier molecular flexibility index (Phi) is 4.53. The highest BCUT2D eigenvalue weighted by molar-refractivity contribution is 6.26. The van der Waals surface area contributed by atoms with Crippen LogP contribution in [0.1, 0.15) is 11.1 Å². The Morgan fingerprint density at radius 2 is 0.891 bits per heavy atom. The summed E-state index contributed by atoms with van der Waals surface area (Å²) in [4.78, 5) is 9.94. The van der Waals surface area contributed by atoms with Gasteiger partial charge in [-0.05, 0) is 81.8 Å². The zero-order chi connectivity index (χ0) is 29.9. The van der Waals surface area contributed by atoms with Gasteiger partial charge in [0.05, 0.1) is 16.8 Å². The minimum atomic E-state index is 0.841. The van der Waals surface area contributed by atoms with E-state index in [2.05, 4.69) is 133 Å². The molecule has 0 N–H and O–H groups in total. The lowest BCUT2D eigenvalue weighted by Gasteiger charge is -2.18. The lowest BCUT2D eigenvalue weighted by Crippen LogP contribution is -2.03. The molecule has 2 nitrogen and oxygen atoms in total. The molecule has 2 heteroatoms. The van der Waals surface area contributed by atoms with Crippen molar-refractivity contribution in [1.82, 2.24) is 9.97 Å². The number of nitrogens with zero attached hydrogens (tertiary/aromatic N) is 2. The molecule has 1 aliphatic carbocycles. The average molecular weight is 579 g/mol. The molecular formula is C44H22N2. The van der Waals surface area contributed by atoms with Crippen molar-refractivity contribution in [2.45, 2.75) is 0 Å². The van der Waals surface area contributed by atoms with Crippen molar-refractivity contribution in [2.24, 2.45) is 0 Å². The van der Waals surface area contributed by atoms with E-state index in [0.717, 1.165) is 33.6 Å². The van der Waals surface area contributed by atoms with Crippen molar-refractivity contribution in [3.63, 3.8) is 0 Å². The summed E-state index contributed by atoms with van der Waals surface area (Å²) in [5, 5.41) is 15.4. The van der Waals surface area contributed by atoms with Gasteiger partial charge in [-0.15, -0.1) is 0 Å². The molecule has 0 amide bonds. The maximum atomic E-state index is 4.99. The highest BCUT2D eigenvalue weighted by atomic mass is 14.8. The quantitative estimate of drug-likeness (QED) is 0.154. The molecule has 8 aromatic carbocycles. The second-order valence-electron chi connectivity index (χ2n) is 12.4. The van der Waals surface area contributed by atoms with E-state index in [9.17, 15) is 0 Å². The van der Waals surface area contributed by atoms with Gasteiger partial charge in [0.1, 0.15) is 5.69 Å². The predicted octanol–water partition coefficient (Wildman–Crippen LogP) is 11.0. The molecule has 0 unspecified atom stereocenters. The zero-order valence-corrected chi connectivity index (χ0v) is 24.6. The summed E-state index contributed by atoms with van der Waals surface area (Å²) in [6.45, 7) is 0. The number of hydrogen-bond acceptors (Lipinski definition) is 2. The number of aromatic nitrogens is 2. The Balaban J connectivity index is 1.02. The fourth-order valence-corrected chi connectivity index (χ4v) is 7.87. The Bertz CT molecular complexity index is 2930. The van der Waals surface area contributed by atoms with E-state index < -0.39 is 0 Å². The maximum Gasteiger partial charge on any atom is 0.106 e. The highest BCUT2D eigenvalue weighted by Gasteiger charge is 2.22. The van der Waals surface area contributed by atoms with Crippen molar-refractivity contribution in [1.29, 1.82) is 0 Å². The van der Waals surface area contributed by atoms with Gasteiger partial charge in [0.2, 0.25) is 0 Å². The third-order valence-corrected chi connectivity index (χ3v) is 10.1. The first-order valence-electron chi connectivity index (χ1n) is 15.7. The second-order valence-corrected chi connectivity index (χ2v) is 12.4. The van der Waals surface area contributed by atoms with Gasteiger partial charge in [-0.25, -0.2) is 0 Å². The van der Waals surface area contributed by atoms with Gasteiger partial charge in [-0.1, -0.05) is 127 Å². The Hall–Kier alpha value is -6.30. The number of fused-ring (bicyclic) bond motifs is 1. The monoisotopic (exact) mass is 578 g/mol. The first kappa shape index (κ1) is 24.1. The summed E-state index contributed by atoms with van der Waals surface area (Å²) in [6.07, 6.45) is 3.97. The van der Waals surface area contributed by atoms with Gasteiger partial charge in [0.25, 0.3) is 0 Å². The largest absolute Gasteiger partial charge is 0.254 e. The second kappa shape index (κ2) is 8.66. The summed E-state index contributed by atoms with van der Waals surface area (Å²) in [5.41, 5.74) is 8.26. The Morgan fingerprint density at radius 3 is 1.46 bits per heavy atom. The summed E-state index contributed by atoms with van der Waals surface area (Å²) < 4.78 is 0. The van der Waals surface area contributed by atoms with Crippen LogP contribution in [0.15, 0.2) is 134 Å². The molecule has 0 spiro atoms. The first-order chi connectivity index (χ1) is 22.8. The molecule has 0 fully saturated rings. The SMILES string of the molecule is C1#Cc2c(-c3ccc(-c4ccc5ccc6cccc7ccc4c5c67)cn3)ncc(-c3ccc4ccc5cccc6ccc3c4c56)c21. The standard InChI is InChI=1S/C44H22N2/c1-3-25-7-9-29-11-16-32(35-18-13-27(5-1)40(25)42(29)35)31-15-22-39(45-23-31)44-37-21-20-34(37)38(24-46-44)33-17-12-30-10-8-26-4-2-6-28-14-19-36(33)43(30)41(26)28/h1-19,22-24H. The molecule has 0 bridgehead atoms. The first-order valence-corrected chi connectivity index (χ1v) is 15.7. The molecule has 208 valence electrons. The minimum absolute atomic E-state index is 0.841. The molecule has 2 aromatic heterocycles. The van der Waals surface area contributed by atoms with Crippen molar-refractivity contribution in [3.8, 4) is 45.5 Å². The van der Waals surface area contributed by atoms with E-state index in [-0.39, 0.29) is 0 Å². The van der Waals surface area contributed by atoms with Crippen LogP contribution in [-0.4, -0.2) is 9.97 Å². The third kappa shape index (κ3) is 3.11. The van der Waals surface area contributed by atoms with Crippen LogP contribution in [0, 0.1) is 11.8 Å². The van der Waals surface area contributed by atoms with Crippen LogP contribution in [0.5, 0.6) is 0 Å². The van der Waals surface area contributed by atoms with Crippen molar-refractivity contribution in [2.75, 3.05) is 0 Å². The summed E-state index contributed by atoms with van der Waals surface area (Å²) in [6, 6.07) is 44.1. The molecule has 46 heavy (non-hydrogen) atoms. The smallest absolute Gasteiger partial charge is 0.106 e. The van der Waals surface area contributed by atoms with Crippen molar-refractivity contribution in [3.05, 3.63) is 145 Å². The topological polar surface area (TPSA) is 25.8 Å². The molecule has 0 aliphatic heterocycles. The molecule has 0 saturated carbocycles. The summed E-state index contributed by atoms with van der Waals surface area (Å²) in [7, 11) is 0. The summed E-state index contributed by atoms with van der Waals surface area (Å²) >= 11 is 0. The molecule has 0 atom stereocenters. The van der Waals surface area contributed by atoms with Gasteiger partial charge in [-0.3, -0.25) is 9.97 Å². The lowest BCUT2D eigenvalue weighted by atomic mass is 9.86. The maximum absolute atomic E-state index is 4.99. The third-order valence-electron chi connectivity index (χ3n) is 10.1. The number of rotatable bonds is 3. The zero-order valence-electron chi connectivity index (χ0n) is 24.6. The van der Waals surface area contributed by atoms with Gasteiger partial charge in [0, 0.05) is 23.5 Å². The van der Waals surface area contributed by atoms with Crippen LogP contribution in [0.4, 0.5) is 0 Å². The molecule has 0 saturated heterocycles. The highest BCUT2D eigenvalue weighted by Crippen LogP contribution is 2.43. The van der Waals surface area contributed by atoms with Crippen LogP contribution in [-0.2, 0) is 0 Å². The molecule has 11 rings (SSSR count). The molecular weight excluding hydrogens is 556 g/mol. The fraction of sp³-hybridized carbons (Fsp3) is 0. The Morgan fingerprint density at radius 1 is 0.370 bits per heavy atom. The average Bonchev–Trinajstić information content (AvgIpc) is 3.10. The Labute approximate surface area is 264 Å². The normalized spacial score (nSPS) is 12.3. The van der Waals surface area contributed by atoms with Crippen LogP contribution in [0.2, 0.25) is 0 Å². The van der Waals surface area contributed by atoms with Crippen LogP contribution in [0.3, 0.4) is 0 Å². The summed E-state index contributed by atoms with van der Waals surface area (Å²) in [5.74, 6) is 6.67. The van der Waals surface area contributed by atoms with E-state index in [1.807, 2.05) is 12.4 Å². The van der Waals surface area contributed by atoms with E-state index in [0.29, 0.717) is 0 Å².